The third-order valence-corrected chi connectivity index (χ3v) is 1.85. The third-order valence-electron chi connectivity index (χ3n) is 1.85. The van der Waals surface area contributed by atoms with Crippen LogP contribution in [-0.2, 0) is 4.74 Å². The molecule has 4 N–H and O–H groups in total. The lowest BCUT2D eigenvalue weighted by Gasteiger charge is -2.32. The second-order valence-electron chi connectivity index (χ2n) is 4.13. The van der Waals surface area contributed by atoms with Gasteiger partial charge in [-0.15, -0.1) is 0 Å². The predicted molar refractivity (Wildman–Crippen MR) is 47.9 cm³/mol. The van der Waals surface area contributed by atoms with E-state index in [-0.39, 0.29) is 0 Å². The fraction of sp³-hybridized carbons (Fsp3) is 0.875. The Balaban J connectivity index is 4.57. The zero-order valence-corrected chi connectivity index (χ0v) is 8.46. The highest BCUT2D eigenvalue weighted by molar-refractivity contribution is 5.64. The first-order chi connectivity index (χ1) is 6.16. The van der Waals surface area contributed by atoms with Gasteiger partial charge in [-0.25, -0.2) is 13.6 Å². The van der Waals surface area contributed by atoms with Gasteiger partial charge >= 0.3 is 6.09 Å². The van der Waals surface area contributed by atoms with Gasteiger partial charge in [-0.2, -0.15) is 0 Å². The fourth-order valence-electron chi connectivity index (χ4n) is 0.908. The van der Waals surface area contributed by atoms with Crippen molar-refractivity contribution in [2.45, 2.75) is 39.3 Å². The normalized spacial score (nSPS) is 16.5. The van der Waals surface area contributed by atoms with Crippen molar-refractivity contribution in [3.05, 3.63) is 0 Å². The number of rotatable bonds is 3. The molecular formula is C8H16F2N2O2. The highest BCUT2D eigenvalue weighted by Crippen LogP contribution is 2.24. The highest BCUT2D eigenvalue weighted by Gasteiger charge is 2.37. The number of alkyl halides is 2. The molecule has 0 saturated carbocycles. The summed E-state index contributed by atoms with van der Waals surface area (Å²) in [4.78, 5) is 10.4. The van der Waals surface area contributed by atoms with Crippen LogP contribution in [0.1, 0.15) is 20.8 Å². The summed E-state index contributed by atoms with van der Waals surface area (Å²) >= 11 is 0. The lowest BCUT2D eigenvalue weighted by atomic mass is 9.84. The number of nitrogens with two attached hydrogens (primary N) is 2. The van der Waals surface area contributed by atoms with Gasteiger partial charge in [-0.1, -0.05) is 20.8 Å². The van der Waals surface area contributed by atoms with Crippen LogP contribution in [0.15, 0.2) is 0 Å². The van der Waals surface area contributed by atoms with Crippen LogP contribution in [-0.4, -0.2) is 24.7 Å². The molecule has 14 heavy (non-hydrogen) atoms. The maximum Gasteiger partial charge on any atom is 0.405 e. The van der Waals surface area contributed by atoms with E-state index < -0.39 is 30.1 Å². The summed E-state index contributed by atoms with van der Waals surface area (Å²) in [5, 5.41) is 0. The summed E-state index contributed by atoms with van der Waals surface area (Å²) in [6.45, 7) is 5.03. The van der Waals surface area contributed by atoms with Crippen LogP contribution in [0.3, 0.4) is 0 Å². The quantitative estimate of drug-likeness (QED) is 0.731. The Morgan fingerprint density at radius 1 is 1.36 bits per heavy atom. The Hall–Kier alpha value is -0.910. The Morgan fingerprint density at radius 2 is 1.79 bits per heavy atom. The summed E-state index contributed by atoms with van der Waals surface area (Å²) in [5.74, 6) is 0. The standard InChI is InChI=1S/C8H16F2N2O2/c1-8(2,3)5(11)4(6(9)10)14-7(12)13/h4-6H,11H2,1-3H3,(H2,12,13)/t4?,5-/m1/s1. The van der Waals surface area contributed by atoms with E-state index in [2.05, 4.69) is 10.5 Å². The van der Waals surface area contributed by atoms with E-state index in [1.807, 2.05) is 0 Å². The molecule has 0 aromatic carbocycles. The molecule has 1 amide bonds. The molecule has 2 atom stereocenters. The maximum absolute atomic E-state index is 12.4. The summed E-state index contributed by atoms with van der Waals surface area (Å²) < 4.78 is 29.1. The van der Waals surface area contributed by atoms with Gasteiger partial charge in [0.2, 0.25) is 0 Å². The van der Waals surface area contributed by atoms with Gasteiger partial charge < -0.3 is 16.2 Å². The van der Waals surface area contributed by atoms with Gasteiger partial charge in [0.05, 0.1) is 6.04 Å². The number of carbonyl (C=O) groups is 1. The van der Waals surface area contributed by atoms with Crippen LogP contribution in [0.4, 0.5) is 13.6 Å². The average Bonchev–Trinajstić information content (AvgIpc) is 1.96. The van der Waals surface area contributed by atoms with Crippen LogP contribution >= 0.6 is 0 Å². The SMILES string of the molecule is CC(C)(C)[C@H](N)C(OC(N)=O)C(F)F. The van der Waals surface area contributed by atoms with Gasteiger partial charge in [-0.05, 0) is 5.41 Å². The van der Waals surface area contributed by atoms with Crippen LogP contribution in [0.25, 0.3) is 0 Å². The zero-order chi connectivity index (χ0) is 11.5. The van der Waals surface area contributed by atoms with Crippen molar-refractivity contribution in [3.63, 3.8) is 0 Å². The smallest absolute Gasteiger partial charge is 0.405 e. The Morgan fingerprint density at radius 3 is 2.00 bits per heavy atom. The molecule has 4 nitrogen and oxygen atoms in total. The van der Waals surface area contributed by atoms with E-state index in [1.165, 1.54) is 0 Å². The molecule has 0 spiro atoms. The number of amides is 1. The Kier molecular flexibility index (Phi) is 4.25. The van der Waals surface area contributed by atoms with Crippen molar-refractivity contribution in [2.75, 3.05) is 0 Å². The van der Waals surface area contributed by atoms with Crippen molar-refractivity contribution in [1.29, 1.82) is 0 Å². The maximum atomic E-state index is 12.4. The topological polar surface area (TPSA) is 78.3 Å². The molecule has 0 aliphatic carbocycles. The first-order valence-electron chi connectivity index (χ1n) is 4.16. The van der Waals surface area contributed by atoms with Crippen LogP contribution < -0.4 is 11.5 Å². The molecule has 0 aromatic rings. The number of ether oxygens (including phenoxy) is 1. The molecule has 0 radical (unpaired) electrons. The molecule has 0 fully saturated rings. The molecule has 0 aliphatic rings. The lowest BCUT2D eigenvalue weighted by molar-refractivity contribution is -0.0454. The molecule has 0 aliphatic heterocycles. The third kappa shape index (κ3) is 3.87. The number of hydrogen-bond donors (Lipinski definition) is 2. The first kappa shape index (κ1) is 13.1. The summed E-state index contributed by atoms with van der Waals surface area (Å²) in [6.07, 6.45) is -5.74. The number of carbonyl (C=O) groups excluding carboxylic acids is 1. The van der Waals surface area contributed by atoms with Crippen molar-refractivity contribution >= 4 is 6.09 Å². The molecule has 6 heteroatoms. The minimum atomic E-state index is -2.84. The number of hydrogen-bond acceptors (Lipinski definition) is 3. The Labute approximate surface area is 81.6 Å². The van der Waals surface area contributed by atoms with E-state index in [9.17, 15) is 13.6 Å². The van der Waals surface area contributed by atoms with Crippen molar-refractivity contribution < 1.29 is 18.3 Å². The predicted octanol–water partition coefficient (Wildman–Crippen LogP) is 1.09. The first-order valence-corrected chi connectivity index (χ1v) is 4.16. The monoisotopic (exact) mass is 210 g/mol. The van der Waals surface area contributed by atoms with E-state index in [0.717, 1.165) is 0 Å². The van der Waals surface area contributed by atoms with Crippen molar-refractivity contribution in [2.24, 2.45) is 16.9 Å². The van der Waals surface area contributed by atoms with Crippen molar-refractivity contribution in [1.82, 2.24) is 0 Å². The van der Waals surface area contributed by atoms with E-state index in [1.54, 1.807) is 20.8 Å². The number of halogens is 2. The molecule has 0 heterocycles. The molecule has 0 saturated heterocycles. The highest BCUT2D eigenvalue weighted by atomic mass is 19.3. The molecule has 84 valence electrons. The second kappa shape index (κ2) is 4.54. The Bertz CT molecular complexity index is 204. The van der Waals surface area contributed by atoms with Gasteiger partial charge in [0, 0.05) is 0 Å². The van der Waals surface area contributed by atoms with Gasteiger partial charge in [-0.3, -0.25) is 0 Å². The molecular weight excluding hydrogens is 194 g/mol. The van der Waals surface area contributed by atoms with E-state index in [4.69, 9.17) is 5.73 Å². The molecule has 1 unspecified atom stereocenters. The van der Waals surface area contributed by atoms with Crippen LogP contribution in [0, 0.1) is 5.41 Å². The summed E-state index contributed by atoms with van der Waals surface area (Å²) in [5.41, 5.74) is 9.61. The second-order valence-corrected chi connectivity index (χ2v) is 4.13. The minimum absolute atomic E-state index is 0.587. The average molecular weight is 210 g/mol. The van der Waals surface area contributed by atoms with E-state index >= 15 is 0 Å². The summed E-state index contributed by atoms with van der Waals surface area (Å²) in [6, 6.07) is -0.963. The molecule has 0 aromatic heterocycles. The largest absolute Gasteiger partial charge is 0.439 e. The summed E-state index contributed by atoms with van der Waals surface area (Å²) in [7, 11) is 0. The lowest BCUT2D eigenvalue weighted by Crippen LogP contribution is -2.51. The molecule has 0 bridgehead atoms. The van der Waals surface area contributed by atoms with Crippen LogP contribution in [0.5, 0.6) is 0 Å². The van der Waals surface area contributed by atoms with Crippen LogP contribution in [0.2, 0.25) is 0 Å². The van der Waals surface area contributed by atoms with Gasteiger partial charge in [0.1, 0.15) is 0 Å². The minimum Gasteiger partial charge on any atom is -0.439 e. The molecule has 0 rings (SSSR count). The van der Waals surface area contributed by atoms with E-state index in [0.29, 0.717) is 0 Å². The fourth-order valence-corrected chi connectivity index (χ4v) is 0.908. The van der Waals surface area contributed by atoms with Crippen molar-refractivity contribution in [3.8, 4) is 0 Å². The number of primary amides is 1. The van der Waals surface area contributed by atoms with Gasteiger partial charge in [0.15, 0.2) is 6.10 Å². The van der Waals surface area contributed by atoms with Gasteiger partial charge in [0.25, 0.3) is 6.43 Å². The zero-order valence-electron chi connectivity index (χ0n) is 8.46.